The highest BCUT2D eigenvalue weighted by Crippen LogP contribution is 2.22. The smallest absolute Gasteiger partial charge is 0.190 e. The summed E-state index contributed by atoms with van der Waals surface area (Å²) in [7, 11) is 1.77. The molecule has 1 aromatic carbocycles. The molecule has 0 bridgehead atoms. The van der Waals surface area contributed by atoms with E-state index in [1.165, 1.54) is 5.56 Å². The van der Waals surface area contributed by atoms with Gasteiger partial charge in [0, 0.05) is 48.5 Å². The van der Waals surface area contributed by atoms with Crippen molar-refractivity contribution >= 4 is 64.0 Å². The van der Waals surface area contributed by atoms with Crippen LogP contribution < -0.4 is 10.6 Å². The molecular formula is C19H22Cl2IN5. The van der Waals surface area contributed by atoms with Crippen molar-refractivity contribution < 1.29 is 0 Å². The molecule has 0 atom stereocenters. The normalized spacial score (nSPS) is 11.3. The summed E-state index contributed by atoms with van der Waals surface area (Å²) >= 11 is 11.9. The minimum absolute atomic E-state index is 0. The Labute approximate surface area is 186 Å². The molecule has 8 heteroatoms. The highest BCUT2D eigenvalue weighted by Gasteiger charge is 2.05. The third-order valence-corrected chi connectivity index (χ3v) is 4.59. The highest BCUT2D eigenvalue weighted by atomic mass is 127. The quantitative estimate of drug-likeness (QED) is 0.196. The standard InChI is InChI=1S/C19H21Cl2N5.HI/c1-22-19(23-8-6-13-2-5-18(21)26-11-13)24-9-7-14-12-25-17-4-3-15(20)10-16(14)17;/h2-5,10-12,25H,6-9H2,1H3,(H2,22,23,24);1H. The summed E-state index contributed by atoms with van der Waals surface area (Å²) in [5.41, 5.74) is 3.47. The molecule has 3 aromatic rings. The van der Waals surface area contributed by atoms with Gasteiger partial charge >= 0.3 is 0 Å². The zero-order chi connectivity index (χ0) is 18.4. The number of fused-ring (bicyclic) bond motifs is 1. The summed E-state index contributed by atoms with van der Waals surface area (Å²) < 4.78 is 0. The van der Waals surface area contributed by atoms with E-state index >= 15 is 0 Å². The Morgan fingerprint density at radius 3 is 2.59 bits per heavy atom. The van der Waals surface area contributed by atoms with Crippen molar-refractivity contribution in [2.24, 2.45) is 4.99 Å². The van der Waals surface area contributed by atoms with Crippen LogP contribution in [0.15, 0.2) is 47.7 Å². The number of nitrogens with one attached hydrogen (secondary N) is 3. The van der Waals surface area contributed by atoms with Gasteiger partial charge in [-0.05, 0) is 48.2 Å². The van der Waals surface area contributed by atoms with Crippen LogP contribution in [0.5, 0.6) is 0 Å². The van der Waals surface area contributed by atoms with Gasteiger partial charge in [0.05, 0.1) is 0 Å². The van der Waals surface area contributed by atoms with Crippen molar-refractivity contribution in [2.45, 2.75) is 12.8 Å². The van der Waals surface area contributed by atoms with Crippen LogP contribution in [0.1, 0.15) is 11.1 Å². The Kier molecular flexibility index (Phi) is 8.66. The summed E-state index contributed by atoms with van der Waals surface area (Å²) in [6, 6.07) is 9.67. The molecule has 5 nitrogen and oxygen atoms in total. The van der Waals surface area contributed by atoms with E-state index in [0.29, 0.717) is 5.15 Å². The van der Waals surface area contributed by atoms with Crippen LogP contribution in [0.3, 0.4) is 0 Å². The number of aromatic amines is 1. The molecule has 27 heavy (non-hydrogen) atoms. The van der Waals surface area contributed by atoms with E-state index in [9.17, 15) is 0 Å². The minimum atomic E-state index is 0. The van der Waals surface area contributed by atoms with E-state index in [2.05, 4.69) is 25.6 Å². The highest BCUT2D eigenvalue weighted by molar-refractivity contribution is 14.0. The second kappa shape index (κ2) is 10.7. The fourth-order valence-electron chi connectivity index (χ4n) is 2.77. The van der Waals surface area contributed by atoms with Gasteiger partial charge in [0.25, 0.3) is 0 Å². The Hall–Kier alpha value is -1.51. The van der Waals surface area contributed by atoms with E-state index in [0.717, 1.165) is 53.4 Å². The van der Waals surface area contributed by atoms with E-state index in [1.807, 2.05) is 30.5 Å². The summed E-state index contributed by atoms with van der Waals surface area (Å²) in [4.78, 5) is 11.6. The third kappa shape index (κ3) is 6.26. The number of aliphatic imine (C=N–C) groups is 1. The summed E-state index contributed by atoms with van der Waals surface area (Å²) in [5, 5.41) is 9.07. The van der Waals surface area contributed by atoms with E-state index in [-0.39, 0.29) is 24.0 Å². The van der Waals surface area contributed by atoms with Crippen LogP contribution in [0.2, 0.25) is 10.2 Å². The van der Waals surface area contributed by atoms with Gasteiger partial charge in [0.1, 0.15) is 5.15 Å². The van der Waals surface area contributed by atoms with Gasteiger partial charge in [-0.15, -0.1) is 24.0 Å². The molecule has 3 rings (SSSR count). The SMILES string of the molecule is CN=C(NCCc1ccc(Cl)nc1)NCCc1c[nH]c2ccc(Cl)cc12.I. The second-order valence-electron chi connectivity index (χ2n) is 5.92. The maximum atomic E-state index is 6.10. The van der Waals surface area contributed by atoms with Gasteiger partial charge in [0.2, 0.25) is 0 Å². The van der Waals surface area contributed by atoms with Crippen LogP contribution in [-0.4, -0.2) is 36.1 Å². The number of rotatable bonds is 6. The molecule has 2 aromatic heterocycles. The molecule has 144 valence electrons. The molecule has 0 aliphatic heterocycles. The van der Waals surface area contributed by atoms with Crippen LogP contribution in [0, 0.1) is 0 Å². The molecule has 0 saturated carbocycles. The lowest BCUT2D eigenvalue weighted by Crippen LogP contribution is -2.39. The molecule has 0 saturated heterocycles. The fourth-order valence-corrected chi connectivity index (χ4v) is 3.06. The zero-order valence-electron chi connectivity index (χ0n) is 14.9. The van der Waals surface area contributed by atoms with Crippen molar-refractivity contribution in [2.75, 3.05) is 20.1 Å². The number of H-pyrrole nitrogens is 1. The van der Waals surface area contributed by atoms with E-state index in [4.69, 9.17) is 23.2 Å². The minimum Gasteiger partial charge on any atom is -0.361 e. The first-order valence-electron chi connectivity index (χ1n) is 8.46. The first kappa shape index (κ1) is 21.8. The Balaban J connectivity index is 0.00000261. The molecule has 0 spiro atoms. The molecule has 0 fully saturated rings. The van der Waals surface area contributed by atoms with Gasteiger partial charge < -0.3 is 15.6 Å². The van der Waals surface area contributed by atoms with Crippen molar-refractivity contribution in [3.05, 3.63) is 64.0 Å². The van der Waals surface area contributed by atoms with Crippen LogP contribution in [-0.2, 0) is 12.8 Å². The summed E-state index contributed by atoms with van der Waals surface area (Å²) in [5.74, 6) is 0.782. The van der Waals surface area contributed by atoms with Crippen LogP contribution in [0.4, 0.5) is 0 Å². The third-order valence-electron chi connectivity index (χ3n) is 4.13. The molecule has 0 aliphatic rings. The Morgan fingerprint density at radius 1 is 1.11 bits per heavy atom. The average Bonchev–Trinajstić information content (AvgIpc) is 3.04. The van der Waals surface area contributed by atoms with Gasteiger partial charge in [-0.3, -0.25) is 4.99 Å². The predicted octanol–water partition coefficient (Wildman–Crippen LogP) is 4.44. The maximum absolute atomic E-state index is 6.10. The maximum Gasteiger partial charge on any atom is 0.190 e. The topological polar surface area (TPSA) is 65.1 Å². The van der Waals surface area contributed by atoms with Crippen LogP contribution >= 0.6 is 47.2 Å². The Morgan fingerprint density at radius 2 is 1.89 bits per heavy atom. The first-order valence-corrected chi connectivity index (χ1v) is 9.22. The molecular weight excluding hydrogens is 496 g/mol. The number of halogens is 3. The molecule has 2 heterocycles. The summed E-state index contributed by atoms with van der Waals surface area (Å²) in [6.45, 7) is 1.55. The lowest BCUT2D eigenvalue weighted by molar-refractivity contribution is 0.784. The van der Waals surface area contributed by atoms with Crippen molar-refractivity contribution in [3.63, 3.8) is 0 Å². The number of benzene rings is 1. The number of hydrogen-bond acceptors (Lipinski definition) is 2. The van der Waals surface area contributed by atoms with Crippen molar-refractivity contribution in [3.8, 4) is 0 Å². The molecule has 0 amide bonds. The van der Waals surface area contributed by atoms with Gasteiger partial charge in [-0.25, -0.2) is 4.98 Å². The summed E-state index contributed by atoms with van der Waals surface area (Å²) in [6.07, 6.45) is 5.56. The second-order valence-corrected chi connectivity index (χ2v) is 6.74. The van der Waals surface area contributed by atoms with Gasteiger partial charge in [-0.2, -0.15) is 0 Å². The van der Waals surface area contributed by atoms with Gasteiger partial charge in [-0.1, -0.05) is 29.3 Å². The number of hydrogen-bond donors (Lipinski definition) is 3. The van der Waals surface area contributed by atoms with E-state index in [1.54, 1.807) is 19.3 Å². The predicted molar refractivity (Wildman–Crippen MR) is 125 cm³/mol. The van der Waals surface area contributed by atoms with Crippen molar-refractivity contribution in [1.82, 2.24) is 20.6 Å². The average molecular weight is 518 g/mol. The lowest BCUT2D eigenvalue weighted by atomic mass is 10.1. The molecule has 0 unspecified atom stereocenters. The Bertz CT molecular complexity index is 893. The largest absolute Gasteiger partial charge is 0.361 e. The van der Waals surface area contributed by atoms with E-state index < -0.39 is 0 Å². The molecule has 3 N–H and O–H groups in total. The van der Waals surface area contributed by atoms with Crippen LogP contribution in [0.25, 0.3) is 10.9 Å². The fraction of sp³-hybridized carbons (Fsp3) is 0.263. The molecule has 0 aliphatic carbocycles. The lowest BCUT2D eigenvalue weighted by Gasteiger charge is -2.11. The monoisotopic (exact) mass is 517 g/mol. The number of guanidine groups is 1. The number of nitrogens with zero attached hydrogens (tertiary/aromatic N) is 2. The number of pyridine rings is 1. The van der Waals surface area contributed by atoms with Gasteiger partial charge in [0.15, 0.2) is 5.96 Å². The van der Waals surface area contributed by atoms with Crippen molar-refractivity contribution in [1.29, 1.82) is 0 Å². The zero-order valence-corrected chi connectivity index (χ0v) is 18.8. The first-order chi connectivity index (χ1) is 12.7. The number of aromatic nitrogens is 2. The molecule has 0 radical (unpaired) electrons.